The lowest BCUT2D eigenvalue weighted by Crippen LogP contribution is -2.49. The molecule has 1 aliphatic heterocycles. The minimum atomic E-state index is 0.0825. The van der Waals surface area contributed by atoms with Crippen LogP contribution in [0.25, 0.3) is 5.65 Å². The van der Waals surface area contributed by atoms with Crippen molar-refractivity contribution in [2.45, 2.75) is 50.6 Å². The molecule has 2 fully saturated rings. The Hall–Kier alpha value is -2.18. The first kappa shape index (κ1) is 12.6. The average molecular weight is 286 g/mol. The van der Waals surface area contributed by atoms with Crippen molar-refractivity contribution >= 4 is 17.4 Å². The number of aromatic nitrogens is 4. The highest BCUT2D eigenvalue weighted by Gasteiger charge is 2.30. The standard InChI is InChI=1S/C14H18N6O/c1-8-10(4-5-11(21)16-8)17-12-14-19-18-13(9-2-3-9)20(14)7-6-15-12/h6-10H,2-5H2,1H3,(H,15,17)(H,16,21). The SMILES string of the molecule is CC1NC(=O)CCC1Nc1nccn2c(C3CC3)nnc12. The Morgan fingerprint density at radius 3 is 2.95 bits per heavy atom. The van der Waals surface area contributed by atoms with Crippen molar-refractivity contribution in [2.75, 3.05) is 5.32 Å². The van der Waals surface area contributed by atoms with Crippen LogP contribution in [0.4, 0.5) is 5.82 Å². The largest absolute Gasteiger partial charge is 0.362 e. The lowest BCUT2D eigenvalue weighted by atomic mass is 9.99. The maximum Gasteiger partial charge on any atom is 0.220 e. The normalized spacial score (nSPS) is 25.9. The molecule has 1 saturated carbocycles. The number of anilines is 1. The molecule has 7 heteroatoms. The van der Waals surface area contributed by atoms with Gasteiger partial charge in [0.15, 0.2) is 5.82 Å². The Kier molecular flexibility index (Phi) is 2.80. The lowest BCUT2D eigenvalue weighted by molar-refractivity contribution is -0.123. The van der Waals surface area contributed by atoms with Crippen LogP contribution in [0.2, 0.25) is 0 Å². The van der Waals surface area contributed by atoms with E-state index in [0.29, 0.717) is 12.3 Å². The molecule has 110 valence electrons. The van der Waals surface area contributed by atoms with E-state index in [9.17, 15) is 4.79 Å². The molecule has 0 bridgehead atoms. The van der Waals surface area contributed by atoms with Crippen molar-refractivity contribution in [3.8, 4) is 0 Å². The highest BCUT2D eigenvalue weighted by atomic mass is 16.1. The van der Waals surface area contributed by atoms with Crippen molar-refractivity contribution < 1.29 is 4.79 Å². The quantitative estimate of drug-likeness (QED) is 0.882. The van der Waals surface area contributed by atoms with E-state index in [4.69, 9.17) is 0 Å². The van der Waals surface area contributed by atoms with Crippen LogP contribution in [0.3, 0.4) is 0 Å². The summed E-state index contributed by atoms with van der Waals surface area (Å²) in [6.07, 6.45) is 7.43. The molecule has 4 rings (SSSR count). The van der Waals surface area contributed by atoms with Crippen molar-refractivity contribution in [3.05, 3.63) is 18.2 Å². The molecule has 21 heavy (non-hydrogen) atoms. The summed E-state index contributed by atoms with van der Waals surface area (Å²) in [6, 6.07) is 0.251. The summed E-state index contributed by atoms with van der Waals surface area (Å²) in [5.41, 5.74) is 0.767. The smallest absolute Gasteiger partial charge is 0.220 e. The van der Waals surface area contributed by atoms with Gasteiger partial charge in [-0.2, -0.15) is 0 Å². The van der Waals surface area contributed by atoms with Gasteiger partial charge in [0.1, 0.15) is 5.82 Å². The van der Waals surface area contributed by atoms with Gasteiger partial charge in [0, 0.05) is 36.8 Å². The van der Waals surface area contributed by atoms with E-state index in [0.717, 1.165) is 23.7 Å². The Morgan fingerprint density at radius 1 is 1.33 bits per heavy atom. The van der Waals surface area contributed by atoms with Crippen LogP contribution in [0.1, 0.15) is 44.3 Å². The molecule has 2 aromatic heterocycles. The van der Waals surface area contributed by atoms with Gasteiger partial charge in [0.05, 0.1) is 0 Å². The molecule has 2 N–H and O–H groups in total. The fourth-order valence-corrected chi connectivity index (χ4v) is 2.90. The Labute approximate surface area is 122 Å². The van der Waals surface area contributed by atoms with Gasteiger partial charge in [-0.1, -0.05) is 0 Å². The van der Waals surface area contributed by atoms with E-state index in [1.165, 1.54) is 12.8 Å². The second kappa shape index (κ2) is 4.68. The number of nitrogens with zero attached hydrogens (tertiary/aromatic N) is 4. The molecule has 1 amide bonds. The van der Waals surface area contributed by atoms with E-state index < -0.39 is 0 Å². The van der Waals surface area contributed by atoms with Gasteiger partial charge in [0.25, 0.3) is 0 Å². The Balaban J connectivity index is 1.63. The van der Waals surface area contributed by atoms with Crippen molar-refractivity contribution in [1.82, 2.24) is 24.9 Å². The summed E-state index contributed by atoms with van der Waals surface area (Å²) < 4.78 is 2.03. The van der Waals surface area contributed by atoms with Crippen LogP contribution in [-0.4, -0.2) is 37.6 Å². The van der Waals surface area contributed by atoms with Crippen molar-refractivity contribution in [2.24, 2.45) is 0 Å². The number of carbonyl (C=O) groups is 1. The number of fused-ring (bicyclic) bond motifs is 1. The fourth-order valence-electron chi connectivity index (χ4n) is 2.90. The first-order valence-corrected chi connectivity index (χ1v) is 7.48. The van der Waals surface area contributed by atoms with Crippen LogP contribution in [0.15, 0.2) is 12.4 Å². The van der Waals surface area contributed by atoms with Gasteiger partial charge < -0.3 is 10.6 Å². The summed E-state index contributed by atoms with van der Waals surface area (Å²) >= 11 is 0. The maximum absolute atomic E-state index is 11.4. The van der Waals surface area contributed by atoms with Crippen LogP contribution in [0, 0.1) is 0 Å². The van der Waals surface area contributed by atoms with Crippen LogP contribution in [0.5, 0.6) is 0 Å². The predicted octanol–water partition coefficient (Wildman–Crippen LogP) is 1.08. The van der Waals surface area contributed by atoms with Gasteiger partial charge in [-0.3, -0.25) is 9.20 Å². The number of amides is 1. The number of hydrogen-bond acceptors (Lipinski definition) is 5. The molecule has 0 radical (unpaired) electrons. The van der Waals surface area contributed by atoms with E-state index in [1.54, 1.807) is 6.20 Å². The topological polar surface area (TPSA) is 84.2 Å². The molecule has 2 aliphatic rings. The minimum Gasteiger partial charge on any atom is -0.362 e. The lowest BCUT2D eigenvalue weighted by Gasteiger charge is -2.30. The summed E-state index contributed by atoms with van der Waals surface area (Å²) in [6.45, 7) is 2.01. The molecular formula is C14H18N6O. The molecule has 0 aromatic carbocycles. The van der Waals surface area contributed by atoms with Crippen LogP contribution >= 0.6 is 0 Å². The molecule has 0 spiro atoms. The molecule has 2 unspecified atom stereocenters. The average Bonchev–Trinajstić information content (AvgIpc) is 3.22. The summed E-state index contributed by atoms with van der Waals surface area (Å²) in [5, 5.41) is 15.0. The molecule has 1 aliphatic carbocycles. The number of piperidine rings is 1. The molecule has 1 saturated heterocycles. The molecule has 7 nitrogen and oxygen atoms in total. The summed E-state index contributed by atoms with van der Waals surface area (Å²) in [4.78, 5) is 15.8. The van der Waals surface area contributed by atoms with E-state index >= 15 is 0 Å². The number of carbonyl (C=O) groups excluding carboxylic acids is 1. The van der Waals surface area contributed by atoms with Gasteiger partial charge in [-0.05, 0) is 26.2 Å². The zero-order valence-electron chi connectivity index (χ0n) is 11.9. The molecule has 2 atom stereocenters. The maximum atomic E-state index is 11.4. The van der Waals surface area contributed by atoms with Crippen LogP contribution in [-0.2, 0) is 4.79 Å². The fraction of sp³-hybridized carbons (Fsp3) is 0.571. The zero-order valence-corrected chi connectivity index (χ0v) is 11.9. The highest BCUT2D eigenvalue weighted by Crippen LogP contribution is 2.39. The van der Waals surface area contributed by atoms with E-state index in [2.05, 4.69) is 25.8 Å². The third-order valence-electron chi connectivity index (χ3n) is 4.29. The second-order valence-electron chi connectivity index (χ2n) is 5.95. The van der Waals surface area contributed by atoms with Crippen molar-refractivity contribution in [3.63, 3.8) is 0 Å². The molecule has 2 aromatic rings. The minimum absolute atomic E-state index is 0.0825. The van der Waals surface area contributed by atoms with Gasteiger partial charge in [-0.15, -0.1) is 10.2 Å². The summed E-state index contributed by atoms with van der Waals surface area (Å²) in [5.74, 6) is 2.43. The number of nitrogens with one attached hydrogen (secondary N) is 2. The zero-order chi connectivity index (χ0) is 14.4. The summed E-state index contributed by atoms with van der Waals surface area (Å²) in [7, 11) is 0. The van der Waals surface area contributed by atoms with Crippen molar-refractivity contribution in [1.29, 1.82) is 0 Å². The van der Waals surface area contributed by atoms with Crippen LogP contribution < -0.4 is 10.6 Å². The van der Waals surface area contributed by atoms with Gasteiger partial charge >= 0.3 is 0 Å². The molecular weight excluding hydrogens is 268 g/mol. The van der Waals surface area contributed by atoms with E-state index in [1.807, 2.05) is 17.5 Å². The molecule has 3 heterocycles. The Morgan fingerprint density at radius 2 is 2.19 bits per heavy atom. The first-order valence-electron chi connectivity index (χ1n) is 7.48. The van der Waals surface area contributed by atoms with Gasteiger partial charge in [-0.25, -0.2) is 4.98 Å². The third-order valence-corrected chi connectivity index (χ3v) is 4.29. The monoisotopic (exact) mass is 286 g/mol. The number of rotatable bonds is 3. The Bertz CT molecular complexity index is 692. The second-order valence-corrected chi connectivity index (χ2v) is 5.95. The van der Waals surface area contributed by atoms with E-state index in [-0.39, 0.29) is 18.0 Å². The predicted molar refractivity (Wildman–Crippen MR) is 77.0 cm³/mol. The van der Waals surface area contributed by atoms with Gasteiger partial charge in [0.2, 0.25) is 11.6 Å². The third kappa shape index (κ3) is 2.22. The highest BCUT2D eigenvalue weighted by molar-refractivity contribution is 5.77. The number of hydrogen-bond donors (Lipinski definition) is 2. The first-order chi connectivity index (χ1) is 10.2.